The van der Waals surface area contributed by atoms with E-state index in [1.165, 1.54) is 19.4 Å². The standard InChI is InChI=1S/C22H27FN6O3S/c1-28-15-25-26-22(28)16-8-10-29(11-9-16)21-18(17-6-7-20(23)24-14-17)4-3-5-19(21)27-33(30,31)13-12-32-2/h3-7,14-16,27H,8-13H2,1-2H3. The summed E-state index contributed by atoms with van der Waals surface area (Å²) in [6.07, 6.45) is 4.85. The van der Waals surface area contributed by atoms with Gasteiger partial charge in [0, 0.05) is 50.5 Å². The molecule has 0 spiro atoms. The molecule has 1 aliphatic rings. The van der Waals surface area contributed by atoms with Gasteiger partial charge in [-0.1, -0.05) is 12.1 Å². The summed E-state index contributed by atoms with van der Waals surface area (Å²) in [6.45, 7) is 1.50. The third-order valence-electron chi connectivity index (χ3n) is 5.82. The maximum atomic E-state index is 13.4. The van der Waals surface area contributed by atoms with Crippen molar-refractivity contribution in [3.63, 3.8) is 0 Å². The predicted molar refractivity (Wildman–Crippen MR) is 124 cm³/mol. The number of aromatic nitrogens is 4. The first-order valence-corrected chi connectivity index (χ1v) is 12.4. The number of anilines is 2. The summed E-state index contributed by atoms with van der Waals surface area (Å²) in [4.78, 5) is 5.95. The Kier molecular flexibility index (Phi) is 6.89. The van der Waals surface area contributed by atoms with Gasteiger partial charge in [-0.05, 0) is 31.0 Å². The second kappa shape index (κ2) is 9.84. The van der Waals surface area contributed by atoms with Gasteiger partial charge >= 0.3 is 0 Å². The zero-order valence-corrected chi connectivity index (χ0v) is 19.4. The van der Waals surface area contributed by atoms with Crippen molar-refractivity contribution >= 4 is 21.4 Å². The SMILES string of the molecule is COCCS(=O)(=O)Nc1cccc(-c2ccc(F)nc2)c1N1CCC(c2nncn2C)CC1. The number of hydrogen-bond donors (Lipinski definition) is 1. The van der Waals surface area contributed by atoms with Crippen LogP contribution in [0.1, 0.15) is 24.6 Å². The molecule has 0 aliphatic carbocycles. The summed E-state index contributed by atoms with van der Waals surface area (Å²) in [5, 5.41) is 8.24. The molecule has 2 aromatic heterocycles. The van der Waals surface area contributed by atoms with E-state index in [-0.39, 0.29) is 18.3 Å². The number of methoxy groups -OCH3 is 1. The van der Waals surface area contributed by atoms with E-state index in [2.05, 4.69) is 24.8 Å². The lowest BCUT2D eigenvalue weighted by Crippen LogP contribution is -2.35. The molecule has 3 heterocycles. The molecule has 11 heteroatoms. The Morgan fingerprint density at radius 3 is 2.64 bits per heavy atom. The highest BCUT2D eigenvalue weighted by Crippen LogP contribution is 2.40. The number of ether oxygens (including phenoxy) is 1. The van der Waals surface area contributed by atoms with Crippen molar-refractivity contribution in [1.82, 2.24) is 19.7 Å². The Hall–Kier alpha value is -3.05. The number of nitrogens with zero attached hydrogens (tertiary/aromatic N) is 5. The summed E-state index contributed by atoms with van der Waals surface area (Å²) in [5.74, 6) is 0.502. The fourth-order valence-electron chi connectivity index (χ4n) is 4.17. The number of sulfonamides is 1. The van der Waals surface area contributed by atoms with Gasteiger partial charge in [0.25, 0.3) is 0 Å². The Balaban J connectivity index is 1.68. The fraction of sp³-hybridized carbons (Fsp3) is 0.409. The molecule has 4 rings (SSSR count). The van der Waals surface area contributed by atoms with E-state index in [1.54, 1.807) is 24.5 Å². The monoisotopic (exact) mass is 474 g/mol. The highest BCUT2D eigenvalue weighted by molar-refractivity contribution is 7.92. The Morgan fingerprint density at radius 1 is 1.21 bits per heavy atom. The van der Waals surface area contributed by atoms with Crippen LogP contribution in [0.2, 0.25) is 0 Å². The first kappa shape index (κ1) is 23.1. The van der Waals surface area contributed by atoms with Crippen LogP contribution in [0, 0.1) is 5.95 Å². The second-order valence-electron chi connectivity index (χ2n) is 8.05. The van der Waals surface area contributed by atoms with Crippen LogP contribution in [0.3, 0.4) is 0 Å². The molecular formula is C22H27FN6O3S. The Bertz CT molecular complexity index is 1190. The van der Waals surface area contributed by atoms with Crippen molar-refractivity contribution in [3.8, 4) is 11.1 Å². The Morgan fingerprint density at radius 2 is 2.00 bits per heavy atom. The van der Waals surface area contributed by atoms with Gasteiger partial charge in [-0.25, -0.2) is 13.4 Å². The number of aryl methyl sites for hydroxylation is 1. The summed E-state index contributed by atoms with van der Waals surface area (Å²) in [7, 11) is -0.216. The molecule has 9 nitrogen and oxygen atoms in total. The summed E-state index contributed by atoms with van der Waals surface area (Å²) >= 11 is 0. The van der Waals surface area contributed by atoms with E-state index in [9.17, 15) is 12.8 Å². The predicted octanol–water partition coefficient (Wildman–Crippen LogP) is 2.79. The van der Waals surface area contributed by atoms with Crippen molar-refractivity contribution in [2.45, 2.75) is 18.8 Å². The van der Waals surface area contributed by atoms with Gasteiger partial charge in [0.2, 0.25) is 16.0 Å². The number of hydrogen-bond acceptors (Lipinski definition) is 7. The molecule has 1 saturated heterocycles. The van der Waals surface area contributed by atoms with Crippen LogP contribution in [0.15, 0.2) is 42.9 Å². The number of halogens is 1. The molecule has 0 amide bonds. The minimum Gasteiger partial charge on any atom is -0.384 e. The zero-order chi connectivity index (χ0) is 23.4. The van der Waals surface area contributed by atoms with Gasteiger partial charge in [0.15, 0.2) is 0 Å². The molecule has 0 atom stereocenters. The fourth-order valence-corrected chi connectivity index (χ4v) is 5.16. The van der Waals surface area contributed by atoms with Gasteiger partial charge in [-0.2, -0.15) is 4.39 Å². The second-order valence-corrected chi connectivity index (χ2v) is 9.89. The van der Waals surface area contributed by atoms with Crippen LogP contribution in [-0.2, 0) is 21.8 Å². The molecule has 33 heavy (non-hydrogen) atoms. The number of nitrogens with one attached hydrogen (secondary N) is 1. The minimum absolute atomic E-state index is 0.0926. The van der Waals surface area contributed by atoms with Crippen LogP contribution in [0.4, 0.5) is 15.8 Å². The molecule has 1 aromatic carbocycles. The van der Waals surface area contributed by atoms with Crippen LogP contribution >= 0.6 is 0 Å². The average molecular weight is 475 g/mol. The third-order valence-corrected chi connectivity index (χ3v) is 7.05. The number of benzene rings is 1. The van der Waals surface area contributed by atoms with Crippen LogP contribution < -0.4 is 9.62 Å². The highest BCUT2D eigenvalue weighted by Gasteiger charge is 2.27. The Labute approximate surface area is 192 Å². The molecule has 176 valence electrons. The molecule has 1 N–H and O–H groups in total. The number of pyridine rings is 1. The summed E-state index contributed by atoms with van der Waals surface area (Å²) in [5.41, 5.74) is 2.72. The lowest BCUT2D eigenvalue weighted by atomic mass is 9.94. The van der Waals surface area contributed by atoms with Gasteiger partial charge in [-0.3, -0.25) is 4.72 Å². The lowest BCUT2D eigenvalue weighted by molar-refractivity contribution is 0.217. The van der Waals surface area contributed by atoms with Crippen LogP contribution in [0.5, 0.6) is 0 Å². The smallest absolute Gasteiger partial charge is 0.235 e. The van der Waals surface area contributed by atoms with E-state index in [0.717, 1.165) is 29.9 Å². The normalized spacial score (nSPS) is 15.1. The maximum Gasteiger partial charge on any atom is 0.235 e. The minimum atomic E-state index is -3.61. The summed E-state index contributed by atoms with van der Waals surface area (Å²) < 4.78 is 48.3. The quantitative estimate of drug-likeness (QED) is 0.501. The third kappa shape index (κ3) is 5.31. The molecule has 3 aromatic rings. The van der Waals surface area contributed by atoms with E-state index in [1.807, 2.05) is 17.7 Å². The number of piperidine rings is 1. The molecule has 1 aliphatic heterocycles. The van der Waals surface area contributed by atoms with Crippen molar-refractivity contribution in [3.05, 3.63) is 54.6 Å². The largest absolute Gasteiger partial charge is 0.384 e. The molecule has 0 bridgehead atoms. The van der Waals surface area contributed by atoms with E-state index in [0.29, 0.717) is 24.3 Å². The van der Waals surface area contributed by atoms with Gasteiger partial charge in [0.05, 0.1) is 23.7 Å². The topological polar surface area (TPSA) is 102 Å². The average Bonchev–Trinajstić information content (AvgIpc) is 3.24. The molecule has 0 radical (unpaired) electrons. The molecule has 1 fully saturated rings. The van der Waals surface area contributed by atoms with Crippen LogP contribution in [-0.4, -0.2) is 60.7 Å². The first-order chi connectivity index (χ1) is 15.9. The van der Waals surface area contributed by atoms with Crippen molar-refractivity contribution in [2.75, 3.05) is 42.2 Å². The number of rotatable bonds is 8. The van der Waals surface area contributed by atoms with E-state index >= 15 is 0 Å². The zero-order valence-electron chi connectivity index (χ0n) is 18.6. The molecule has 0 saturated carbocycles. The lowest BCUT2D eigenvalue weighted by Gasteiger charge is -2.35. The van der Waals surface area contributed by atoms with Gasteiger partial charge in [-0.15, -0.1) is 10.2 Å². The van der Waals surface area contributed by atoms with Gasteiger partial charge in [0.1, 0.15) is 12.2 Å². The highest BCUT2D eigenvalue weighted by atomic mass is 32.2. The van der Waals surface area contributed by atoms with E-state index < -0.39 is 16.0 Å². The summed E-state index contributed by atoms with van der Waals surface area (Å²) in [6, 6.07) is 8.37. The van der Waals surface area contributed by atoms with Crippen molar-refractivity contribution in [1.29, 1.82) is 0 Å². The maximum absolute atomic E-state index is 13.4. The number of para-hydroxylation sites is 1. The van der Waals surface area contributed by atoms with Crippen molar-refractivity contribution in [2.24, 2.45) is 7.05 Å². The molecular weight excluding hydrogens is 447 g/mol. The van der Waals surface area contributed by atoms with Gasteiger partial charge < -0.3 is 14.2 Å². The van der Waals surface area contributed by atoms with Crippen LogP contribution in [0.25, 0.3) is 11.1 Å². The van der Waals surface area contributed by atoms with E-state index in [4.69, 9.17) is 4.74 Å². The molecule has 0 unspecified atom stereocenters. The first-order valence-electron chi connectivity index (χ1n) is 10.7. The van der Waals surface area contributed by atoms with Crippen molar-refractivity contribution < 1.29 is 17.5 Å².